The maximum Gasteiger partial charge on any atom is 0.280 e. The molecule has 0 spiro atoms. The van der Waals surface area contributed by atoms with E-state index in [4.69, 9.17) is 4.74 Å². The number of carbonyl (C=O) groups excluding carboxylic acids is 1. The third kappa shape index (κ3) is 3.80. The highest BCUT2D eigenvalue weighted by Gasteiger charge is 2.11. The van der Waals surface area contributed by atoms with Crippen molar-refractivity contribution in [1.29, 1.82) is 0 Å². The predicted octanol–water partition coefficient (Wildman–Crippen LogP) is 4.49. The minimum atomic E-state index is -0.205. The van der Waals surface area contributed by atoms with Crippen molar-refractivity contribution in [2.45, 2.75) is 18.7 Å². The van der Waals surface area contributed by atoms with E-state index in [2.05, 4.69) is 11.9 Å². The topological polar surface area (TPSA) is 43.6 Å². The van der Waals surface area contributed by atoms with Crippen LogP contribution in [0.5, 0.6) is 5.75 Å². The number of hydrogen-bond acceptors (Lipinski definition) is 4. The summed E-state index contributed by atoms with van der Waals surface area (Å²) in [6.07, 6.45) is 0. The van der Waals surface area contributed by atoms with Crippen LogP contribution >= 0.6 is 23.1 Å². The molecule has 3 aromatic rings. The molecular formula is C19H20N2O2S2. The van der Waals surface area contributed by atoms with Crippen LogP contribution in [0.15, 0.2) is 52.4 Å². The molecule has 0 saturated carbocycles. The molecule has 6 heteroatoms. The van der Waals surface area contributed by atoms with Gasteiger partial charge in [0.25, 0.3) is 5.91 Å². The number of hydrogen-bond donors (Lipinski definition) is 0. The largest absolute Gasteiger partial charge is 0.494 e. The lowest BCUT2D eigenvalue weighted by molar-refractivity contribution is 0.0995. The van der Waals surface area contributed by atoms with Gasteiger partial charge in [0.15, 0.2) is 4.80 Å². The molecule has 0 aliphatic rings. The highest BCUT2D eigenvalue weighted by atomic mass is 32.2. The second-order valence-electron chi connectivity index (χ2n) is 5.35. The summed E-state index contributed by atoms with van der Waals surface area (Å²) in [5.41, 5.74) is 1.69. The molecule has 0 saturated heterocycles. The van der Waals surface area contributed by atoms with Crippen LogP contribution in [0.1, 0.15) is 24.2 Å². The van der Waals surface area contributed by atoms with Crippen molar-refractivity contribution < 1.29 is 9.53 Å². The highest BCUT2D eigenvalue weighted by molar-refractivity contribution is 7.99. The van der Waals surface area contributed by atoms with Gasteiger partial charge < -0.3 is 9.30 Å². The van der Waals surface area contributed by atoms with Gasteiger partial charge in [-0.3, -0.25) is 4.79 Å². The van der Waals surface area contributed by atoms with Crippen LogP contribution in [0.3, 0.4) is 0 Å². The zero-order valence-corrected chi connectivity index (χ0v) is 16.1. The number of benzene rings is 2. The maximum atomic E-state index is 12.7. The van der Waals surface area contributed by atoms with E-state index in [-0.39, 0.29) is 5.91 Å². The standard InChI is InChI=1S/C19H20N2O2S2/c1-4-23-13-10-11-15-17(12-13)25-19(21(15)3)20-18(22)14-8-6-7-9-16(14)24-5-2/h6-12H,4-5H2,1-3H3. The Morgan fingerprint density at radius 2 is 2.04 bits per heavy atom. The number of carbonyl (C=O) groups is 1. The van der Waals surface area contributed by atoms with Crippen LogP contribution in [-0.4, -0.2) is 22.8 Å². The van der Waals surface area contributed by atoms with Gasteiger partial charge in [0.05, 0.1) is 22.4 Å². The Balaban J connectivity index is 2.03. The Hall–Kier alpha value is -2.05. The molecule has 0 N–H and O–H groups in total. The number of ether oxygens (including phenoxy) is 1. The number of fused-ring (bicyclic) bond motifs is 1. The number of amides is 1. The van der Waals surface area contributed by atoms with Gasteiger partial charge in [-0.15, -0.1) is 11.8 Å². The summed E-state index contributed by atoms with van der Waals surface area (Å²) in [5, 5.41) is 0. The Kier molecular flexibility index (Phi) is 5.60. The fraction of sp³-hybridized carbons (Fsp3) is 0.263. The molecule has 2 aromatic carbocycles. The summed E-state index contributed by atoms with van der Waals surface area (Å²) in [4.78, 5) is 18.7. The molecular weight excluding hydrogens is 352 g/mol. The van der Waals surface area contributed by atoms with Crippen molar-refractivity contribution in [2.24, 2.45) is 12.0 Å². The molecule has 4 nitrogen and oxygen atoms in total. The van der Waals surface area contributed by atoms with Crippen molar-refractivity contribution in [1.82, 2.24) is 4.57 Å². The van der Waals surface area contributed by atoms with Crippen LogP contribution in [0.4, 0.5) is 0 Å². The van der Waals surface area contributed by atoms with Crippen LogP contribution in [0, 0.1) is 0 Å². The van der Waals surface area contributed by atoms with Gasteiger partial charge in [-0.1, -0.05) is 30.4 Å². The van der Waals surface area contributed by atoms with Crippen molar-refractivity contribution in [3.8, 4) is 5.75 Å². The fourth-order valence-electron chi connectivity index (χ4n) is 2.55. The first-order valence-corrected chi connectivity index (χ1v) is 9.97. The highest BCUT2D eigenvalue weighted by Crippen LogP contribution is 2.24. The zero-order valence-electron chi connectivity index (χ0n) is 14.5. The lowest BCUT2D eigenvalue weighted by Gasteiger charge is -2.03. The molecule has 0 bridgehead atoms. The minimum absolute atomic E-state index is 0.205. The third-order valence-corrected chi connectivity index (χ3v) is 5.76. The zero-order chi connectivity index (χ0) is 17.8. The Morgan fingerprint density at radius 3 is 2.80 bits per heavy atom. The molecule has 130 valence electrons. The molecule has 1 aromatic heterocycles. The van der Waals surface area contributed by atoms with Gasteiger partial charge in [-0.25, -0.2) is 0 Å². The number of thioether (sulfide) groups is 1. The first-order chi connectivity index (χ1) is 12.1. The number of thiazole rings is 1. The van der Waals surface area contributed by atoms with Crippen molar-refractivity contribution >= 4 is 39.2 Å². The summed E-state index contributed by atoms with van der Waals surface area (Å²) in [7, 11) is 1.93. The fourth-order valence-corrected chi connectivity index (χ4v) is 4.39. The van der Waals surface area contributed by atoms with Crippen molar-refractivity contribution in [3.63, 3.8) is 0 Å². The lowest BCUT2D eigenvalue weighted by Crippen LogP contribution is -2.13. The van der Waals surface area contributed by atoms with E-state index in [0.717, 1.165) is 26.6 Å². The second kappa shape index (κ2) is 7.89. The van der Waals surface area contributed by atoms with Gasteiger partial charge in [0.2, 0.25) is 0 Å². The Bertz CT molecular complexity index is 973. The van der Waals surface area contributed by atoms with Crippen molar-refractivity contribution in [2.75, 3.05) is 12.4 Å². The second-order valence-corrected chi connectivity index (χ2v) is 7.67. The molecule has 0 aliphatic heterocycles. The third-order valence-electron chi connectivity index (χ3n) is 3.71. The molecule has 0 atom stereocenters. The van der Waals surface area contributed by atoms with E-state index in [1.54, 1.807) is 11.8 Å². The predicted molar refractivity (Wildman–Crippen MR) is 105 cm³/mol. The average molecular weight is 373 g/mol. The summed E-state index contributed by atoms with van der Waals surface area (Å²) in [6, 6.07) is 13.6. The van der Waals surface area contributed by atoms with E-state index in [1.807, 2.05) is 61.0 Å². The summed E-state index contributed by atoms with van der Waals surface area (Å²) in [5.74, 6) is 1.55. The van der Waals surface area contributed by atoms with E-state index < -0.39 is 0 Å². The summed E-state index contributed by atoms with van der Waals surface area (Å²) in [6.45, 7) is 4.67. The normalized spacial score (nSPS) is 11.9. The van der Waals surface area contributed by atoms with E-state index in [0.29, 0.717) is 17.0 Å². The molecule has 25 heavy (non-hydrogen) atoms. The molecule has 1 heterocycles. The number of nitrogens with zero attached hydrogens (tertiary/aromatic N) is 2. The Morgan fingerprint density at radius 1 is 1.24 bits per heavy atom. The molecule has 0 aliphatic carbocycles. The monoisotopic (exact) mass is 372 g/mol. The SMILES string of the molecule is CCOc1ccc2c(c1)sc(=NC(=O)c1ccccc1SCC)n2C. The van der Waals surface area contributed by atoms with Gasteiger partial charge in [-0.2, -0.15) is 4.99 Å². The molecule has 0 fully saturated rings. The van der Waals surface area contributed by atoms with Crippen LogP contribution in [-0.2, 0) is 7.05 Å². The van der Waals surface area contributed by atoms with Gasteiger partial charge in [0, 0.05) is 11.9 Å². The van der Waals surface area contributed by atoms with Crippen LogP contribution in [0.2, 0.25) is 0 Å². The average Bonchev–Trinajstić information content (AvgIpc) is 2.91. The maximum absolute atomic E-state index is 12.7. The quantitative estimate of drug-likeness (QED) is 0.620. The van der Waals surface area contributed by atoms with E-state index in [1.165, 1.54) is 11.3 Å². The number of rotatable bonds is 5. The summed E-state index contributed by atoms with van der Waals surface area (Å²) < 4.78 is 8.55. The summed E-state index contributed by atoms with van der Waals surface area (Å²) >= 11 is 3.15. The Labute approximate surface area is 155 Å². The number of aryl methyl sites for hydroxylation is 1. The first-order valence-electron chi connectivity index (χ1n) is 8.17. The van der Waals surface area contributed by atoms with Crippen LogP contribution < -0.4 is 9.54 Å². The molecule has 0 radical (unpaired) electrons. The number of aromatic nitrogens is 1. The smallest absolute Gasteiger partial charge is 0.280 e. The van der Waals surface area contributed by atoms with Crippen LogP contribution in [0.25, 0.3) is 10.2 Å². The molecule has 3 rings (SSSR count). The van der Waals surface area contributed by atoms with E-state index >= 15 is 0 Å². The molecule has 1 amide bonds. The van der Waals surface area contributed by atoms with E-state index in [9.17, 15) is 4.79 Å². The molecule has 0 unspecified atom stereocenters. The van der Waals surface area contributed by atoms with Crippen molar-refractivity contribution in [3.05, 3.63) is 52.8 Å². The first kappa shape index (κ1) is 17.8. The van der Waals surface area contributed by atoms with Gasteiger partial charge in [0.1, 0.15) is 5.75 Å². The van der Waals surface area contributed by atoms with Gasteiger partial charge >= 0.3 is 0 Å². The minimum Gasteiger partial charge on any atom is -0.494 e. The lowest BCUT2D eigenvalue weighted by atomic mass is 10.2. The van der Waals surface area contributed by atoms with Gasteiger partial charge in [-0.05, 0) is 43.0 Å².